The van der Waals surface area contributed by atoms with E-state index in [4.69, 9.17) is 0 Å². The molecule has 126 valence electrons. The lowest BCUT2D eigenvalue weighted by Gasteiger charge is -2.05. The number of thiophene rings is 1. The van der Waals surface area contributed by atoms with Gasteiger partial charge in [0.1, 0.15) is 5.00 Å². The van der Waals surface area contributed by atoms with Gasteiger partial charge in [-0.1, -0.05) is 0 Å². The molecule has 0 aliphatic heterocycles. The molecule has 0 bridgehead atoms. The number of hydrogen-bond donors (Lipinski definition) is 0. The van der Waals surface area contributed by atoms with Crippen LogP contribution in [-0.2, 0) is 19.4 Å². The highest BCUT2D eigenvalue weighted by Gasteiger charge is 2.22. The first-order valence-corrected chi connectivity index (χ1v) is 9.05. The topological polar surface area (TPSA) is 60.4 Å². The number of fused-ring (bicyclic) bond motifs is 1. The molecule has 4 rings (SSSR count). The molecule has 0 saturated heterocycles. The van der Waals surface area contributed by atoms with Gasteiger partial charge in [0.15, 0.2) is 0 Å². The highest BCUT2D eigenvalue weighted by atomic mass is 32.1. The van der Waals surface area contributed by atoms with Crippen LogP contribution in [0, 0.1) is 10.1 Å². The summed E-state index contributed by atoms with van der Waals surface area (Å²) < 4.78 is 2.17. The number of non-ortho nitro benzene ring substituents is 1. The smallest absolute Gasteiger partial charge is 0.269 e. The lowest BCUT2D eigenvalue weighted by atomic mass is 10.1. The second kappa shape index (κ2) is 6.64. The minimum Gasteiger partial charge on any atom is -0.315 e. The third-order valence-electron chi connectivity index (χ3n) is 4.44. The van der Waals surface area contributed by atoms with Crippen molar-refractivity contribution < 1.29 is 4.92 Å². The van der Waals surface area contributed by atoms with E-state index in [0.717, 1.165) is 12.0 Å². The molecule has 0 amide bonds. The van der Waals surface area contributed by atoms with E-state index in [1.165, 1.54) is 46.0 Å². The van der Waals surface area contributed by atoms with Gasteiger partial charge in [0.2, 0.25) is 0 Å². The van der Waals surface area contributed by atoms with Crippen LogP contribution >= 0.6 is 11.3 Å². The van der Waals surface area contributed by atoms with Gasteiger partial charge >= 0.3 is 0 Å². The highest BCUT2D eigenvalue weighted by molar-refractivity contribution is 7.15. The minimum atomic E-state index is -0.390. The normalized spacial score (nSPS) is 13.4. The van der Waals surface area contributed by atoms with Gasteiger partial charge in [0.05, 0.1) is 11.5 Å². The monoisotopic (exact) mass is 351 g/mol. The van der Waals surface area contributed by atoms with Crippen molar-refractivity contribution in [1.29, 1.82) is 0 Å². The summed E-state index contributed by atoms with van der Waals surface area (Å²) in [4.78, 5) is 16.4. The summed E-state index contributed by atoms with van der Waals surface area (Å²) >= 11 is 1.87. The summed E-state index contributed by atoms with van der Waals surface area (Å²) in [5, 5.41) is 12.0. The van der Waals surface area contributed by atoms with Crippen molar-refractivity contribution in [3.8, 4) is 5.00 Å². The Labute approximate surface area is 149 Å². The number of aryl methyl sites for hydroxylation is 1. The van der Waals surface area contributed by atoms with Crippen molar-refractivity contribution in [2.75, 3.05) is 0 Å². The lowest BCUT2D eigenvalue weighted by Crippen LogP contribution is -1.95. The van der Waals surface area contributed by atoms with Gasteiger partial charge in [-0.25, -0.2) is 0 Å². The molecule has 1 aliphatic carbocycles. The molecular weight excluding hydrogens is 334 g/mol. The van der Waals surface area contributed by atoms with Gasteiger partial charge in [-0.15, -0.1) is 11.3 Å². The third-order valence-corrected chi connectivity index (χ3v) is 5.79. The average Bonchev–Trinajstić information content (AvgIpc) is 3.33. The third kappa shape index (κ3) is 3.13. The van der Waals surface area contributed by atoms with Gasteiger partial charge in [-0.3, -0.25) is 15.1 Å². The van der Waals surface area contributed by atoms with Crippen LogP contribution in [0.1, 0.15) is 28.0 Å². The summed E-state index contributed by atoms with van der Waals surface area (Å²) in [6.45, 7) is 0.635. The van der Waals surface area contributed by atoms with Gasteiger partial charge < -0.3 is 4.57 Å². The van der Waals surface area contributed by atoms with E-state index in [-0.39, 0.29) is 10.6 Å². The molecule has 0 radical (unpaired) electrons. The maximum Gasteiger partial charge on any atom is 0.269 e. The Balaban J connectivity index is 1.57. The minimum absolute atomic E-state index is 0.0997. The van der Waals surface area contributed by atoms with Crippen molar-refractivity contribution in [2.45, 2.75) is 25.8 Å². The number of rotatable bonds is 5. The van der Waals surface area contributed by atoms with E-state index >= 15 is 0 Å². The number of hydrogen-bond acceptors (Lipinski definition) is 4. The number of aromatic nitrogens is 1. The Bertz CT molecular complexity index is 924. The molecule has 2 aromatic heterocycles. The second-order valence-corrected chi connectivity index (χ2v) is 7.13. The summed E-state index contributed by atoms with van der Waals surface area (Å²) in [6, 6.07) is 10.5. The second-order valence-electron chi connectivity index (χ2n) is 6.05. The predicted octanol–water partition coefficient (Wildman–Crippen LogP) is 4.55. The standard InChI is InChI=1S/C19H17N3O2S/c23-22(24)15-8-6-14(7-9-15)12-20-13-17-16-4-3-5-18(16)25-19(17)21-10-1-2-11-21/h1-2,6-12H,3-5,13H2. The van der Waals surface area contributed by atoms with E-state index in [2.05, 4.69) is 22.0 Å². The number of aliphatic imine (C=N–C) groups is 1. The summed E-state index contributed by atoms with van der Waals surface area (Å²) in [5.74, 6) is 0. The first-order valence-electron chi connectivity index (χ1n) is 8.23. The van der Waals surface area contributed by atoms with E-state index in [1.807, 2.05) is 23.5 Å². The van der Waals surface area contributed by atoms with E-state index < -0.39 is 0 Å². The van der Waals surface area contributed by atoms with Crippen LogP contribution in [0.15, 0.2) is 53.8 Å². The molecule has 0 unspecified atom stereocenters. The molecule has 6 heteroatoms. The lowest BCUT2D eigenvalue weighted by molar-refractivity contribution is -0.384. The van der Waals surface area contributed by atoms with Gasteiger partial charge in [-0.2, -0.15) is 0 Å². The molecular formula is C19H17N3O2S. The molecule has 2 heterocycles. The van der Waals surface area contributed by atoms with Crippen LogP contribution in [0.4, 0.5) is 5.69 Å². The zero-order valence-electron chi connectivity index (χ0n) is 13.6. The number of nitrogens with zero attached hydrogens (tertiary/aromatic N) is 3. The van der Waals surface area contributed by atoms with Crippen molar-refractivity contribution in [3.63, 3.8) is 0 Å². The van der Waals surface area contributed by atoms with Gasteiger partial charge in [-0.05, 0) is 54.7 Å². The maximum atomic E-state index is 10.7. The molecule has 0 atom stereocenters. The van der Waals surface area contributed by atoms with Crippen molar-refractivity contribution in [1.82, 2.24) is 4.57 Å². The van der Waals surface area contributed by atoms with Crippen LogP contribution in [0.25, 0.3) is 5.00 Å². The van der Waals surface area contributed by atoms with Crippen LogP contribution < -0.4 is 0 Å². The highest BCUT2D eigenvalue weighted by Crippen LogP contribution is 2.38. The van der Waals surface area contributed by atoms with E-state index in [9.17, 15) is 10.1 Å². The molecule has 0 spiro atoms. The zero-order chi connectivity index (χ0) is 17.2. The predicted molar refractivity (Wildman–Crippen MR) is 100 cm³/mol. The SMILES string of the molecule is O=[N+]([O-])c1ccc(C=NCc2c(-n3cccc3)sc3c2CCC3)cc1. The fraction of sp³-hybridized carbons (Fsp3) is 0.211. The molecule has 0 fully saturated rings. The Kier molecular flexibility index (Phi) is 4.19. The Hall–Kier alpha value is -2.73. The molecule has 5 nitrogen and oxygen atoms in total. The molecule has 1 aliphatic rings. The fourth-order valence-corrected chi connectivity index (χ4v) is 4.59. The van der Waals surface area contributed by atoms with Crippen LogP contribution in [0.5, 0.6) is 0 Å². The van der Waals surface area contributed by atoms with Crippen molar-refractivity contribution in [2.24, 2.45) is 4.99 Å². The van der Waals surface area contributed by atoms with Crippen molar-refractivity contribution in [3.05, 3.63) is 80.5 Å². The number of nitro groups is 1. The molecule has 3 aromatic rings. The fourth-order valence-electron chi connectivity index (χ4n) is 3.22. The van der Waals surface area contributed by atoms with E-state index in [1.54, 1.807) is 18.3 Å². The largest absolute Gasteiger partial charge is 0.315 e. The Morgan fingerprint density at radius 3 is 2.68 bits per heavy atom. The maximum absolute atomic E-state index is 10.7. The quantitative estimate of drug-likeness (QED) is 0.384. The molecule has 25 heavy (non-hydrogen) atoms. The molecule has 1 aromatic carbocycles. The molecule has 0 N–H and O–H groups in total. The van der Waals surface area contributed by atoms with Crippen molar-refractivity contribution >= 4 is 23.2 Å². The first kappa shape index (κ1) is 15.8. The van der Waals surface area contributed by atoms with Crippen LogP contribution in [-0.4, -0.2) is 15.7 Å². The molecule has 0 saturated carbocycles. The Morgan fingerprint density at radius 2 is 1.96 bits per heavy atom. The Morgan fingerprint density at radius 1 is 1.20 bits per heavy atom. The first-order chi connectivity index (χ1) is 12.2. The van der Waals surface area contributed by atoms with Crippen LogP contribution in [0.3, 0.4) is 0 Å². The summed E-state index contributed by atoms with van der Waals surface area (Å²) in [5.41, 5.74) is 3.75. The van der Waals surface area contributed by atoms with Gasteiger partial charge in [0.25, 0.3) is 5.69 Å². The number of nitro benzene ring substituents is 1. The van der Waals surface area contributed by atoms with Crippen LogP contribution in [0.2, 0.25) is 0 Å². The number of benzene rings is 1. The summed E-state index contributed by atoms with van der Waals surface area (Å²) in [7, 11) is 0. The van der Waals surface area contributed by atoms with Gasteiger partial charge in [0, 0.05) is 41.2 Å². The average molecular weight is 351 g/mol. The summed E-state index contributed by atoms with van der Waals surface area (Å²) in [6.07, 6.45) is 9.47. The van der Waals surface area contributed by atoms with E-state index in [0.29, 0.717) is 6.54 Å². The zero-order valence-corrected chi connectivity index (χ0v) is 14.4.